The largest absolute Gasteiger partial charge is 0.491 e. The number of hydrogen-bond donors (Lipinski definition) is 1. The van der Waals surface area contributed by atoms with Gasteiger partial charge in [-0.1, -0.05) is 0 Å². The quantitative estimate of drug-likeness (QED) is 0.926. The minimum atomic E-state index is -0.482. The number of rotatable bonds is 3. The lowest BCUT2D eigenvalue weighted by molar-refractivity contribution is 0.0187. The predicted octanol–water partition coefficient (Wildman–Crippen LogP) is 2.44. The second-order valence-electron chi connectivity index (χ2n) is 6.20. The van der Waals surface area contributed by atoms with Crippen molar-refractivity contribution in [3.63, 3.8) is 0 Å². The fourth-order valence-electron chi connectivity index (χ4n) is 2.28. The third kappa shape index (κ3) is 4.51. The van der Waals surface area contributed by atoms with E-state index in [0.717, 1.165) is 12.8 Å². The van der Waals surface area contributed by atoms with Gasteiger partial charge in [0.1, 0.15) is 23.8 Å². The van der Waals surface area contributed by atoms with Gasteiger partial charge in [0.25, 0.3) is 0 Å². The highest BCUT2D eigenvalue weighted by Crippen LogP contribution is 2.22. The van der Waals surface area contributed by atoms with Gasteiger partial charge in [-0.25, -0.2) is 9.78 Å². The Bertz CT molecular complexity index is 499. The van der Waals surface area contributed by atoms with Crippen molar-refractivity contribution in [2.45, 2.75) is 45.3 Å². The first kappa shape index (κ1) is 15.4. The maximum Gasteiger partial charge on any atom is 0.410 e. The normalized spacial score (nSPS) is 18.6. The molecule has 1 aromatic rings. The van der Waals surface area contributed by atoms with Crippen LogP contribution in [0.1, 0.15) is 33.6 Å². The molecule has 1 amide bonds. The summed E-state index contributed by atoms with van der Waals surface area (Å²) in [5.74, 6) is 1.08. The molecule has 2 rings (SSSR count). The van der Waals surface area contributed by atoms with Crippen LogP contribution in [0, 0.1) is 0 Å². The molecule has 0 aromatic carbocycles. The Hall–Kier alpha value is -1.98. The Morgan fingerprint density at radius 1 is 1.52 bits per heavy atom. The molecule has 21 heavy (non-hydrogen) atoms. The monoisotopic (exact) mass is 293 g/mol. The molecule has 2 N–H and O–H groups in total. The molecule has 1 aliphatic heterocycles. The number of hydrogen-bond acceptors (Lipinski definition) is 5. The third-order valence-electron chi connectivity index (χ3n) is 3.20. The number of carbonyl (C=O) groups excluding carboxylic acids is 1. The first-order valence-corrected chi connectivity index (χ1v) is 7.19. The van der Waals surface area contributed by atoms with Crippen LogP contribution in [0.2, 0.25) is 0 Å². The number of nitrogens with zero attached hydrogens (tertiary/aromatic N) is 2. The lowest BCUT2D eigenvalue weighted by Gasteiger charge is -2.28. The van der Waals surface area contributed by atoms with Crippen LogP contribution in [0.4, 0.5) is 10.6 Å². The Morgan fingerprint density at radius 2 is 2.29 bits per heavy atom. The molecule has 116 valence electrons. The SMILES string of the molecule is CC(C)(C)OC(=O)N1CCCC1COc1ccnc(N)c1. The van der Waals surface area contributed by atoms with Crippen molar-refractivity contribution in [2.75, 3.05) is 18.9 Å². The molecule has 1 fully saturated rings. The molecule has 1 aliphatic rings. The maximum atomic E-state index is 12.2. The van der Waals surface area contributed by atoms with Crippen LogP contribution in [0.15, 0.2) is 18.3 Å². The number of pyridine rings is 1. The standard InChI is InChI=1S/C15H23N3O3/c1-15(2,3)21-14(19)18-8-4-5-11(18)10-20-12-6-7-17-13(16)9-12/h6-7,9,11H,4-5,8,10H2,1-3H3,(H2,16,17). The molecule has 1 aromatic heterocycles. The molecule has 0 bridgehead atoms. The summed E-state index contributed by atoms with van der Waals surface area (Å²) in [5, 5.41) is 0. The van der Waals surface area contributed by atoms with Crippen molar-refractivity contribution in [1.82, 2.24) is 9.88 Å². The zero-order valence-corrected chi connectivity index (χ0v) is 12.8. The molecule has 1 saturated heterocycles. The maximum absolute atomic E-state index is 12.2. The number of ether oxygens (including phenoxy) is 2. The van der Waals surface area contributed by atoms with Crippen molar-refractivity contribution >= 4 is 11.9 Å². The van der Waals surface area contributed by atoms with Crippen LogP contribution in [0.5, 0.6) is 5.75 Å². The number of anilines is 1. The smallest absolute Gasteiger partial charge is 0.410 e. The van der Waals surface area contributed by atoms with E-state index in [1.165, 1.54) is 0 Å². The molecular formula is C15H23N3O3. The molecule has 0 saturated carbocycles. The fraction of sp³-hybridized carbons (Fsp3) is 0.600. The van der Waals surface area contributed by atoms with Crippen molar-refractivity contribution in [3.05, 3.63) is 18.3 Å². The number of amides is 1. The first-order chi connectivity index (χ1) is 9.85. The summed E-state index contributed by atoms with van der Waals surface area (Å²) in [5.41, 5.74) is 5.13. The minimum absolute atomic E-state index is 0.0363. The van der Waals surface area contributed by atoms with E-state index in [4.69, 9.17) is 15.2 Å². The van der Waals surface area contributed by atoms with E-state index in [1.54, 1.807) is 23.2 Å². The van der Waals surface area contributed by atoms with Crippen LogP contribution < -0.4 is 10.5 Å². The highest BCUT2D eigenvalue weighted by atomic mass is 16.6. The van der Waals surface area contributed by atoms with Gasteiger partial charge in [-0.3, -0.25) is 0 Å². The van der Waals surface area contributed by atoms with Crippen LogP contribution in [-0.2, 0) is 4.74 Å². The van der Waals surface area contributed by atoms with Gasteiger partial charge in [-0.2, -0.15) is 0 Å². The van der Waals surface area contributed by atoms with E-state index in [1.807, 2.05) is 20.8 Å². The Morgan fingerprint density at radius 3 is 2.95 bits per heavy atom. The molecule has 1 unspecified atom stereocenters. The molecule has 0 aliphatic carbocycles. The van der Waals surface area contributed by atoms with Crippen LogP contribution in [0.3, 0.4) is 0 Å². The average molecular weight is 293 g/mol. The van der Waals surface area contributed by atoms with Crippen LogP contribution >= 0.6 is 0 Å². The van der Waals surface area contributed by atoms with E-state index in [-0.39, 0.29) is 12.1 Å². The van der Waals surface area contributed by atoms with Gasteiger partial charge >= 0.3 is 6.09 Å². The van der Waals surface area contributed by atoms with Gasteiger partial charge < -0.3 is 20.1 Å². The summed E-state index contributed by atoms with van der Waals surface area (Å²) in [6.45, 7) is 6.74. The van der Waals surface area contributed by atoms with E-state index < -0.39 is 5.60 Å². The summed E-state index contributed by atoms with van der Waals surface area (Å²) >= 11 is 0. The summed E-state index contributed by atoms with van der Waals surface area (Å²) < 4.78 is 11.1. The number of nitrogen functional groups attached to an aromatic ring is 1. The van der Waals surface area contributed by atoms with E-state index >= 15 is 0 Å². The van der Waals surface area contributed by atoms with Crippen LogP contribution in [-0.4, -0.2) is 40.8 Å². The number of likely N-dealkylation sites (tertiary alicyclic amines) is 1. The molecule has 6 heteroatoms. The molecule has 1 atom stereocenters. The van der Waals surface area contributed by atoms with Gasteiger partial charge in [-0.15, -0.1) is 0 Å². The topological polar surface area (TPSA) is 77.7 Å². The number of aromatic nitrogens is 1. The third-order valence-corrected chi connectivity index (χ3v) is 3.20. The predicted molar refractivity (Wildman–Crippen MR) is 80.1 cm³/mol. The lowest BCUT2D eigenvalue weighted by Crippen LogP contribution is -2.42. The van der Waals surface area contributed by atoms with Crippen molar-refractivity contribution in [3.8, 4) is 5.75 Å². The Labute approximate surface area is 125 Å². The van der Waals surface area contributed by atoms with Crippen molar-refractivity contribution in [2.24, 2.45) is 0 Å². The van der Waals surface area contributed by atoms with Crippen LogP contribution in [0.25, 0.3) is 0 Å². The van der Waals surface area contributed by atoms with Crippen molar-refractivity contribution in [1.29, 1.82) is 0 Å². The zero-order valence-electron chi connectivity index (χ0n) is 12.8. The number of nitrogens with two attached hydrogens (primary N) is 1. The van der Waals surface area contributed by atoms with E-state index in [9.17, 15) is 4.79 Å². The van der Waals surface area contributed by atoms with Crippen molar-refractivity contribution < 1.29 is 14.3 Å². The second-order valence-corrected chi connectivity index (χ2v) is 6.20. The second kappa shape index (κ2) is 6.20. The summed E-state index contributed by atoms with van der Waals surface area (Å²) in [6, 6.07) is 3.46. The van der Waals surface area contributed by atoms with E-state index in [2.05, 4.69) is 4.98 Å². The number of carbonyl (C=O) groups is 1. The van der Waals surface area contributed by atoms with E-state index in [0.29, 0.717) is 24.7 Å². The summed E-state index contributed by atoms with van der Waals surface area (Å²) in [7, 11) is 0. The van der Waals surface area contributed by atoms with Gasteiger partial charge in [-0.05, 0) is 39.7 Å². The molecular weight excluding hydrogens is 270 g/mol. The molecule has 0 radical (unpaired) electrons. The first-order valence-electron chi connectivity index (χ1n) is 7.19. The molecule has 2 heterocycles. The van der Waals surface area contributed by atoms with Gasteiger partial charge in [0, 0.05) is 18.8 Å². The highest BCUT2D eigenvalue weighted by molar-refractivity contribution is 5.69. The highest BCUT2D eigenvalue weighted by Gasteiger charge is 2.32. The Balaban J connectivity index is 1.91. The molecule has 6 nitrogen and oxygen atoms in total. The fourth-order valence-corrected chi connectivity index (χ4v) is 2.28. The van der Waals surface area contributed by atoms with Gasteiger partial charge in [0.05, 0.1) is 6.04 Å². The summed E-state index contributed by atoms with van der Waals surface area (Å²) in [4.78, 5) is 17.8. The average Bonchev–Trinajstić information content (AvgIpc) is 2.83. The lowest BCUT2D eigenvalue weighted by atomic mass is 10.2. The van der Waals surface area contributed by atoms with Gasteiger partial charge in [0.15, 0.2) is 0 Å². The molecule has 0 spiro atoms. The summed E-state index contributed by atoms with van der Waals surface area (Å²) in [6.07, 6.45) is 3.21. The van der Waals surface area contributed by atoms with Gasteiger partial charge in [0.2, 0.25) is 0 Å². The minimum Gasteiger partial charge on any atom is -0.491 e. The zero-order chi connectivity index (χ0) is 15.5. The Kier molecular flexibility index (Phi) is 4.55.